The second kappa shape index (κ2) is 6.96. The third-order valence-electron chi connectivity index (χ3n) is 3.48. The molecule has 0 aliphatic carbocycles. The minimum absolute atomic E-state index is 0.00748. The first-order chi connectivity index (χ1) is 9.24. The smallest absolute Gasteiger partial charge is 0.234 e. The van der Waals surface area contributed by atoms with Gasteiger partial charge in [0.2, 0.25) is 5.91 Å². The molecule has 0 radical (unpaired) electrons. The van der Waals surface area contributed by atoms with Gasteiger partial charge in [0.1, 0.15) is 0 Å². The highest BCUT2D eigenvalue weighted by Crippen LogP contribution is 2.36. The van der Waals surface area contributed by atoms with Crippen molar-refractivity contribution < 1.29 is 4.79 Å². The van der Waals surface area contributed by atoms with Crippen LogP contribution in [0.1, 0.15) is 31.7 Å². The molecule has 1 aromatic carbocycles. The summed E-state index contributed by atoms with van der Waals surface area (Å²) in [7, 11) is 0. The van der Waals surface area contributed by atoms with Crippen molar-refractivity contribution in [3.8, 4) is 0 Å². The Bertz CT molecular complexity index is 411. The van der Waals surface area contributed by atoms with Crippen LogP contribution in [0.5, 0.6) is 0 Å². The molecule has 0 spiro atoms. The van der Waals surface area contributed by atoms with Crippen LogP contribution >= 0.6 is 11.8 Å². The molecular formula is C15H22N2OS. The molecule has 4 heteroatoms. The Morgan fingerprint density at radius 2 is 2.32 bits per heavy atom. The Kier molecular flexibility index (Phi) is 5.28. The minimum Gasteiger partial charge on any atom is -0.351 e. The van der Waals surface area contributed by atoms with Crippen LogP contribution < -0.4 is 11.1 Å². The number of thioether (sulfide) groups is 1. The molecule has 1 heterocycles. The molecule has 0 saturated carbocycles. The largest absolute Gasteiger partial charge is 0.351 e. The van der Waals surface area contributed by atoms with Crippen LogP contribution in [0, 0.1) is 0 Å². The highest BCUT2D eigenvalue weighted by Gasteiger charge is 2.28. The lowest BCUT2D eigenvalue weighted by Gasteiger charge is -2.18. The maximum atomic E-state index is 12.3. The first-order valence-corrected chi connectivity index (χ1v) is 7.87. The third-order valence-corrected chi connectivity index (χ3v) is 4.79. The molecule has 1 aliphatic heterocycles. The van der Waals surface area contributed by atoms with Gasteiger partial charge in [-0.2, -0.15) is 0 Å². The van der Waals surface area contributed by atoms with E-state index < -0.39 is 0 Å². The lowest BCUT2D eigenvalue weighted by molar-refractivity contribution is -0.121. The number of carbonyl (C=O) groups excluding carboxylic acids is 1. The summed E-state index contributed by atoms with van der Waals surface area (Å²) in [5, 5.41) is 3.10. The van der Waals surface area contributed by atoms with E-state index in [1.807, 2.05) is 12.1 Å². The van der Waals surface area contributed by atoms with Crippen LogP contribution in [0.4, 0.5) is 0 Å². The van der Waals surface area contributed by atoms with Gasteiger partial charge in [-0.3, -0.25) is 4.79 Å². The van der Waals surface area contributed by atoms with E-state index in [4.69, 9.17) is 5.73 Å². The molecule has 1 amide bonds. The maximum Gasteiger partial charge on any atom is 0.234 e. The molecule has 1 aliphatic rings. The lowest BCUT2D eigenvalue weighted by atomic mass is 10.1. The molecule has 2 rings (SSSR count). The number of amides is 1. The number of benzene rings is 1. The van der Waals surface area contributed by atoms with Crippen LogP contribution in [0.3, 0.4) is 0 Å². The Morgan fingerprint density at radius 1 is 1.53 bits per heavy atom. The molecule has 0 fully saturated rings. The zero-order valence-electron chi connectivity index (χ0n) is 11.4. The van der Waals surface area contributed by atoms with Gasteiger partial charge in [-0.05, 0) is 24.5 Å². The second-order valence-corrected chi connectivity index (χ2v) is 6.25. The van der Waals surface area contributed by atoms with Crippen molar-refractivity contribution in [3.05, 3.63) is 29.8 Å². The summed E-state index contributed by atoms with van der Waals surface area (Å²) in [4.78, 5) is 13.5. The van der Waals surface area contributed by atoms with E-state index in [1.165, 1.54) is 10.5 Å². The monoisotopic (exact) mass is 278 g/mol. The molecule has 0 saturated heterocycles. The number of unbranched alkanes of at least 4 members (excludes halogenated alkanes) is 1. The number of fused-ring (bicyclic) bond motifs is 1. The summed E-state index contributed by atoms with van der Waals surface area (Å²) in [6, 6.07) is 8.37. The molecule has 19 heavy (non-hydrogen) atoms. The predicted octanol–water partition coefficient (Wildman–Crippen LogP) is 2.34. The Balaban J connectivity index is 1.88. The summed E-state index contributed by atoms with van der Waals surface area (Å²) in [6.07, 6.45) is 4.05. The zero-order valence-corrected chi connectivity index (χ0v) is 12.2. The van der Waals surface area contributed by atoms with E-state index in [9.17, 15) is 4.79 Å². The first-order valence-electron chi connectivity index (χ1n) is 6.99. The summed E-state index contributed by atoms with van der Waals surface area (Å²) < 4.78 is 0. The maximum absolute atomic E-state index is 12.3. The first kappa shape index (κ1) is 14.4. The minimum atomic E-state index is 0.00748. The van der Waals surface area contributed by atoms with E-state index in [0.717, 1.165) is 25.7 Å². The standard InChI is InChI=1S/C15H22N2OS/c1-2-3-7-12(10-16)17-15(18)14-9-11-6-4-5-8-13(11)19-14/h4-6,8,12,14H,2-3,7,9-10,16H2,1H3,(H,17,18). The number of carbonyl (C=O) groups is 1. The summed E-state index contributed by atoms with van der Waals surface area (Å²) in [5.41, 5.74) is 7.01. The van der Waals surface area contributed by atoms with Gasteiger partial charge in [-0.1, -0.05) is 38.0 Å². The average Bonchev–Trinajstić information content (AvgIpc) is 2.87. The van der Waals surface area contributed by atoms with Gasteiger partial charge in [-0.25, -0.2) is 0 Å². The van der Waals surface area contributed by atoms with Crippen molar-refractivity contribution in [3.63, 3.8) is 0 Å². The molecule has 2 unspecified atom stereocenters. The van der Waals surface area contributed by atoms with Crippen molar-refractivity contribution in [2.75, 3.05) is 6.54 Å². The van der Waals surface area contributed by atoms with Gasteiger partial charge in [0.15, 0.2) is 0 Å². The SMILES string of the molecule is CCCCC(CN)NC(=O)C1Cc2ccccc2S1. The number of hydrogen-bond acceptors (Lipinski definition) is 3. The Labute approximate surface area is 119 Å². The summed E-state index contributed by atoms with van der Waals surface area (Å²) >= 11 is 1.67. The van der Waals surface area contributed by atoms with Gasteiger partial charge in [0, 0.05) is 17.5 Å². The molecule has 1 aromatic rings. The van der Waals surface area contributed by atoms with Crippen molar-refractivity contribution >= 4 is 17.7 Å². The molecule has 0 bridgehead atoms. The van der Waals surface area contributed by atoms with Crippen molar-refractivity contribution in [1.82, 2.24) is 5.32 Å². The number of rotatable bonds is 6. The molecule has 0 aromatic heterocycles. The Morgan fingerprint density at radius 3 is 3.00 bits per heavy atom. The van der Waals surface area contributed by atoms with Crippen LogP contribution in [0.25, 0.3) is 0 Å². The fraction of sp³-hybridized carbons (Fsp3) is 0.533. The quantitative estimate of drug-likeness (QED) is 0.840. The molecule has 3 N–H and O–H groups in total. The fourth-order valence-corrected chi connectivity index (χ4v) is 3.53. The van der Waals surface area contributed by atoms with E-state index in [0.29, 0.717) is 6.54 Å². The van der Waals surface area contributed by atoms with Gasteiger partial charge in [-0.15, -0.1) is 11.8 Å². The van der Waals surface area contributed by atoms with Crippen LogP contribution in [-0.2, 0) is 11.2 Å². The van der Waals surface area contributed by atoms with Crippen molar-refractivity contribution in [2.45, 2.75) is 48.8 Å². The average molecular weight is 278 g/mol. The zero-order chi connectivity index (χ0) is 13.7. The number of nitrogens with one attached hydrogen (secondary N) is 1. The van der Waals surface area contributed by atoms with E-state index in [1.54, 1.807) is 11.8 Å². The van der Waals surface area contributed by atoms with E-state index in [-0.39, 0.29) is 17.2 Å². The number of hydrogen-bond donors (Lipinski definition) is 2. The van der Waals surface area contributed by atoms with Crippen molar-refractivity contribution in [2.24, 2.45) is 5.73 Å². The molecule has 104 valence electrons. The lowest BCUT2D eigenvalue weighted by Crippen LogP contribution is -2.44. The second-order valence-electron chi connectivity index (χ2n) is 5.00. The van der Waals surface area contributed by atoms with Gasteiger partial charge in [0.05, 0.1) is 5.25 Å². The predicted molar refractivity (Wildman–Crippen MR) is 80.3 cm³/mol. The highest BCUT2D eigenvalue weighted by molar-refractivity contribution is 8.01. The van der Waals surface area contributed by atoms with Crippen LogP contribution in [0.2, 0.25) is 0 Å². The fourth-order valence-electron chi connectivity index (χ4n) is 2.32. The van der Waals surface area contributed by atoms with Gasteiger partial charge < -0.3 is 11.1 Å². The third kappa shape index (κ3) is 3.74. The van der Waals surface area contributed by atoms with Crippen LogP contribution in [0.15, 0.2) is 29.2 Å². The topological polar surface area (TPSA) is 55.1 Å². The van der Waals surface area contributed by atoms with Gasteiger partial charge >= 0.3 is 0 Å². The summed E-state index contributed by atoms with van der Waals surface area (Å²) in [6.45, 7) is 2.68. The van der Waals surface area contributed by atoms with Gasteiger partial charge in [0.25, 0.3) is 0 Å². The highest BCUT2D eigenvalue weighted by atomic mass is 32.2. The summed E-state index contributed by atoms with van der Waals surface area (Å²) in [5.74, 6) is 0.132. The number of nitrogens with two attached hydrogens (primary N) is 1. The normalized spacial score (nSPS) is 18.9. The molecule has 2 atom stereocenters. The van der Waals surface area contributed by atoms with Crippen LogP contribution in [-0.4, -0.2) is 23.7 Å². The van der Waals surface area contributed by atoms with E-state index in [2.05, 4.69) is 24.4 Å². The Hall–Kier alpha value is -1.00. The molecule has 3 nitrogen and oxygen atoms in total. The van der Waals surface area contributed by atoms with E-state index >= 15 is 0 Å². The molecular weight excluding hydrogens is 256 g/mol. The van der Waals surface area contributed by atoms with Crippen molar-refractivity contribution in [1.29, 1.82) is 0 Å².